The van der Waals surface area contributed by atoms with E-state index in [1.807, 2.05) is 0 Å². The number of hydrogen-bond donors (Lipinski definition) is 2. The molecule has 2 unspecified atom stereocenters. The van der Waals surface area contributed by atoms with Gasteiger partial charge in [0.25, 0.3) is 0 Å². The number of nitrogens with two attached hydrogens (primary N) is 1. The Kier molecular flexibility index (Phi) is 3.16. The second-order valence-electron chi connectivity index (χ2n) is 5.55. The number of nitrogens with one attached hydrogen (secondary N) is 1. The van der Waals surface area contributed by atoms with Gasteiger partial charge in [-0.15, -0.1) is 0 Å². The molecule has 3 N–H and O–H groups in total. The molecule has 0 aromatic rings. The maximum Gasteiger partial charge on any atom is 0.0324 e. The molecule has 3 heterocycles. The average molecular weight is 224 g/mol. The van der Waals surface area contributed by atoms with Gasteiger partial charge in [0.2, 0.25) is 0 Å². The summed E-state index contributed by atoms with van der Waals surface area (Å²) in [6, 6.07) is 1.79. The molecule has 4 heteroatoms. The Morgan fingerprint density at radius 1 is 1.06 bits per heavy atom. The fourth-order valence-corrected chi connectivity index (χ4v) is 3.64. The molecule has 0 amide bonds. The van der Waals surface area contributed by atoms with Crippen LogP contribution in [0, 0.1) is 0 Å². The van der Waals surface area contributed by atoms with Gasteiger partial charge in [0, 0.05) is 44.3 Å². The smallest absolute Gasteiger partial charge is 0.0324 e. The van der Waals surface area contributed by atoms with Gasteiger partial charge < -0.3 is 11.1 Å². The van der Waals surface area contributed by atoms with Gasteiger partial charge in [-0.2, -0.15) is 0 Å². The van der Waals surface area contributed by atoms with Crippen molar-refractivity contribution in [3.05, 3.63) is 0 Å². The standard InChI is InChI=1S/C12H24N4/c13-11-8-14-4-3-12(11)16-7-6-15-5-1-2-10(15)9-16/h10-12,14H,1-9,13H2/t10-,11?,12?/m0/s1. The summed E-state index contributed by atoms with van der Waals surface area (Å²) in [6.45, 7) is 7.23. The summed E-state index contributed by atoms with van der Waals surface area (Å²) in [6.07, 6.45) is 4.03. The third-order valence-electron chi connectivity index (χ3n) is 4.58. The summed E-state index contributed by atoms with van der Waals surface area (Å²) >= 11 is 0. The van der Waals surface area contributed by atoms with Gasteiger partial charge in [-0.1, -0.05) is 0 Å². The van der Waals surface area contributed by atoms with Gasteiger partial charge in [0.15, 0.2) is 0 Å². The van der Waals surface area contributed by atoms with Gasteiger partial charge in [-0.25, -0.2) is 0 Å². The highest BCUT2D eigenvalue weighted by molar-refractivity contribution is 4.94. The summed E-state index contributed by atoms with van der Waals surface area (Å²) in [5, 5.41) is 3.39. The van der Waals surface area contributed by atoms with Crippen LogP contribution in [0.3, 0.4) is 0 Å². The topological polar surface area (TPSA) is 44.5 Å². The Hall–Kier alpha value is -0.160. The van der Waals surface area contributed by atoms with Crippen LogP contribution in [0.15, 0.2) is 0 Å². The Bertz CT molecular complexity index is 245. The minimum absolute atomic E-state index is 0.335. The predicted octanol–water partition coefficient (Wildman–Crippen LogP) is -0.544. The molecule has 3 aliphatic rings. The SMILES string of the molecule is NC1CNCCC1N1CCN2CCC[C@H]2C1. The fourth-order valence-electron chi connectivity index (χ4n) is 3.64. The first-order valence-electron chi connectivity index (χ1n) is 6.79. The van der Waals surface area contributed by atoms with E-state index in [1.54, 1.807) is 0 Å². The predicted molar refractivity (Wildman–Crippen MR) is 65.4 cm³/mol. The Morgan fingerprint density at radius 2 is 1.94 bits per heavy atom. The molecule has 0 bridgehead atoms. The molecule has 4 nitrogen and oxygen atoms in total. The number of nitrogens with zero attached hydrogens (tertiary/aromatic N) is 2. The molecule has 3 atom stereocenters. The van der Waals surface area contributed by atoms with Crippen molar-refractivity contribution in [1.29, 1.82) is 0 Å². The first kappa shape index (κ1) is 11.0. The van der Waals surface area contributed by atoms with E-state index in [4.69, 9.17) is 5.73 Å². The zero-order valence-corrected chi connectivity index (χ0v) is 10.1. The zero-order valence-electron chi connectivity index (χ0n) is 10.1. The third-order valence-corrected chi connectivity index (χ3v) is 4.58. The lowest BCUT2D eigenvalue weighted by Gasteiger charge is -2.45. The Labute approximate surface area is 98.1 Å². The van der Waals surface area contributed by atoms with Crippen LogP contribution >= 0.6 is 0 Å². The van der Waals surface area contributed by atoms with Crippen LogP contribution in [0.5, 0.6) is 0 Å². The van der Waals surface area contributed by atoms with Crippen LogP contribution in [-0.4, -0.2) is 67.2 Å². The van der Waals surface area contributed by atoms with Crippen molar-refractivity contribution in [2.45, 2.75) is 37.4 Å². The van der Waals surface area contributed by atoms with Crippen molar-refractivity contribution in [3.63, 3.8) is 0 Å². The molecule has 0 saturated carbocycles. The highest BCUT2D eigenvalue weighted by atomic mass is 15.3. The van der Waals surface area contributed by atoms with E-state index in [2.05, 4.69) is 15.1 Å². The van der Waals surface area contributed by atoms with Crippen LogP contribution in [0.4, 0.5) is 0 Å². The van der Waals surface area contributed by atoms with E-state index in [-0.39, 0.29) is 0 Å². The number of hydrogen-bond acceptors (Lipinski definition) is 4. The lowest BCUT2D eigenvalue weighted by molar-refractivity contribution is 0.0524. The van der Waals surface area contributed by atoms with E-state index >= 15 is 0 Å². The van der Waals surface area contributed by atoms with E-state index in [0.29, 0.717) is 12.1 Å². The monoisotopic (exact) mass is 224 g/mol. The molecule has 3 fully saturated rings. The molecule has 16 heavy (non-hydrogen) atoms. The molecule has 3 saturated heterocycles. The first-order valence-corrected chi connectivity index (χ1v) is 6.79. The Morgan fingerprint density at radius 3 is 2.81 bits per heavy atom. The average Bonchev–Trinajstić information content (AvgIpc) is 2.76. The molecule has 0 aliphatic carbocycles. The lowest BCUT2D eigenvalue weighted by atomic mass is 9.98. The summed E-state index contributed by atoms with van der Waals surface area (Å²) < 4.78 is 0. The lowest BCUT2D eigenvalue weighted by Crippen LogP contribution is -2.62. The van der Waals surface area contributed by atoms with Gasteiger partial charge in [-0.05, 0) is 32.4 Å². The molecule has 3 rings (SSSR count). The van der Waals surface area contributed by atoms with E-state index in [9.17, 15) is 0 Å². The van der Waals surface area contributed by atoms with Gasteiger partial charge in [0.1, 0.15) is 0 Å². The van der Waals surface area contributed by atoms with Gasteiger partial charge in [-0.3, -0.25) is 9.80 Å². The second kappa shape index (κ2) is 4.61. The number of piperazine rings is 1. The summed E-state index contributed by atoms with van der Waals surface area (Å²) in [5.74, 6) is 0. The zero-order chi connectivity index (χ0) is 11.0. The first-order chi connectivity index (χ1) is 7.84. The van der Waals surface area contributed by atoms with Crippen molar-refractivity contribution < 1.29 is 0 Å². The van der Waals surface area contributed by atoms with E-state index < -0.39 is 0 Å². The van der Waals surface area contributed by atoms with Crippen molar-refractivity contribution in [2.24, 2.45) is 5.73 Å². The summed E-state index contributed by atoms with van der Waals surface area (Å²) in [5.41, 5.74) is 6.23. The third kappa shape index (κ3) is 1.99. The normalized spacial score (nSPS) is 42.2. The van der Waals surface area contributed by atoms with Crippen LogP contribution < -0.4 is 11.1 Å². The van der Waals surface area contributed by atoms with Crippen molar-refractivity contribution >= 4 is 0 Å². The van der Waals surface area contributed by atoms with Crippen molar-refractivity contribution in [2.75, 3.05) is 39.3 Å². The van der Waals surface area contributed by atoms with Gasteiger partial charge >= 0.3 is 0 Å². The molecule has 0 aromatic heterocycles. The summed E-state index contributed by atoms with van der Waals surface area (Å²) in [7, 11) is 0. The van der Waals surface area contributed by atoms with Crippen molar-refractivity contribution in [3.8, 4) is 0 Å². The molecule has 0 spiro atoms. The fraction of sp³-hybridized carbons (Fsp3) is 1.00. The molecular weight excluding hydrogens is 200 g/mol. The highest BCUT2D eigenvalue weighted by Gasteiger charge is 2.35. The highest BCUT2D eigenvalue weighted by Crippen LogP contribution is 2.24. The quantitative estimate of drug-likeness (QED) is 0.628. The molecule has 3 aliphatic heterocycles. The van der Waals surface area contributed by atoms with Crippen molar-refractivity contribution in [1.82, 2.24) is 15.1 Å². The second-order valence-corrected chi connectivity index (χ2v) is 5.55. The maximum atomic E-state index is 6.23. The van der Waals surface area contributed by atoms with Gasteiger partial charge in [0.05, 0.1) is 0 Å². The molecule has 0 aromatic carbocycles. The number of fused-ring (bicyclic) bond motifs is 1. The Balaban J connectivity index is 1.62. The number of piperidine rings is 1. The van der Waals surface area contributed by atoms with Crippen LogP contribution in [0.25, 0.3) is 0 Å². The minimum Gasteiger partial charge on any atom is -0.325 e. The molecule has 0 radical (unpaired) electrons. The van der Waals surface area contributed by atoms with Crippen LogP contribution in [0.1, 0.15) is 19.3 Å². The molecular formula is C12H24N4. The minimum atomic E-state index is 0.335. The molecule has 92 valence electrons. The summed E-state index contributed by atoms with van der Waals surface area (Å²) in [4.78, 5) is 5.33. The van der Waals surface area contributed by atoms with E-state index in [1.165, 1.54) is 45.4 Å². The van der Waals surface area contributed by atoms with Crippen LogP contribution in [-0.2, 0) is 0 Å². The number of rotatable bonds is 1. The largest absolute Gasteiger partial charge is 0.325 e. The van der Waals surface area contributed by atoms with Crippen LogP contribution in [0.2, 0.25) is 0 Å². The van der Waals surface area contributed by atoms with E-state index in [0.717, 1.165) is 19.1 Å². The maximum absolute atomic E-state index is 6.23.